The van der Waals surface area contributed by atoms with Gasteiger partial charge in [0.25, 0.3) is 0 Å². The average Bonchev–Trinajstić information content (AvgIpc) is 3.30. The Morgan fingerprint density at radius 2 is 1.74 bits per heavy atom. The van der Waals surface area contributed by atoms with E-state index in [0.717, 1.165) is 5.56 Å². The third kappa shape index (κ3) is 7.76. The van der Waals surface area contributed by atoms with Crippen molar-refractivity contribution in [3.05, 3.63) is 72.6 Å². The maximum absolute atomic E-state index is 12.6. The SMILES string of the molecule is CC(=O)Nc1ccc(S(=O)(=O)N[C@@H](C)C(=O)NCc2cccc(NC(=O)Cn3cccn3)c2)cc1. The van der Waals surface area contributed by atoms with Crippen LogP contribution < -0.4 is 20.7 Å². The van der Waals surface area contributed by atoms with Gasteiger partial charge in [0.15, 0.2) is 0 Å². The summed E-state index contributed by atoms with van der Waals surface area (Å²) in [5, 5.41) is 12.0. The molecule has 4 N–H and O–H groups in total. The lowest BCUT2D eigenvalue weighted by Gasteiger charge is -2.15. The molecular formula is C23H26N6O5S. The highest BCUT2D eigenvalue weighted by molar-refractivity contribution is 7.89. The molecule has 1 aromatic heterocycles. The van der Waals surface area contributed by atoms with Gasteiger partial charge in [-0.3, -0.25) is 19.1 Å². The zero-order chi connectivity index (χ0) is 25.4. The second-order valence-corrected chi connectivity index (χ2v) is 9.43. The van der Waals surface area contributed by atoms with Gasteiger partial charge in [0, 0.05) is 37.2 Å². The zero-order valence-electron chi connectivity index (χ0n) is 19.2. The van der Waals surface area contributed by atoms with Crippen molar-refractivity contribution in [2.45, 2.75) is 37.9 Å². The number of nitrogens with one attached hydrogen (secondary N) is 4. The first-order valence-electron chi connectivity index (χ1n) is 10.7. The molecule has 1 atom stereocenters. The van der Waals surface area contributed by atoms with Crippen LogP contribution in [0.2, 0.25) is 0 Å². The molecule has 3 aromatic rings. The standard InChI is InChI=1S/C23H26N6O5S/c1-16(28-35(33,34)21-9-7-19(8-10-21)26-17(2)30)23(32)24-14-18-5-3-6-20(13-18)27-22(31)15-29-12-4-11-25-29/h3-13,16,28H,14-15H2,1-2H3,(H,24,32)(H,26,30)(H,27,31)/t16-/m0/s1. The van der Waals surface area contributed by atoms with E-state index in [4.69, 9.17) is 0 Å². The van der Waals surface area contributed by atoms with E-state index in [1.54, 1.807) is 42.7 Å². The quantitative estimate of drug-likeness (QED) is 0.332. The molecule has 35 heavy (non-hydrogen) atoms. The Bertz CT molecular complexity index is 1290. The van der Waals surface area contributed by atoms with E-state index < -0.39 is 22.0 Å². The van der Waals surface area contributed by atoms with Gasteiger partial charge in [0.2, 0.25) is 27.7 Å². The largest absolute Gasteiger partial charge is 0.351 e. The van der Waals surface area contributed by atoms with Crippen molar-refractivity contribution in [1.82, 2.24) is 19.8 Å². The molecule has 1 heterocycles. The minimum atomic E-state index is -3.95. The summed E-state index contributed by atoms with van der Waals surface area (Å²) in [6.07, 6.45) is 3.27. The average molecular weight is 499 g/mol. The summed E-state index contributed by atoms with van der Waals surface area (Å²) in [6, 6.07) is 13.2. The van der Waals surface area contributed by atoms with E-state index in [0.29, 0.717) is 11.4 Å². The van der Waals surface area contributed by atoms with Crippen molar-refractivity contribution in [1.29, 1.82) is 0 Å². The smallest absolute Gasteiger partial charge is 0.246 e. The molecule has 2 aromatic carbocycles. The summed E-state index contributed by atoms with van der Waals surface area (Å²) in [7, 11) is -3.95. The maximum atomic E-state index is 12.6. The van der Waals surface area contributed by atoms with E-state index >= 15 is 0 Å². The minimum absolute atomic E-state index is 0.0372. The number of nitrogens with zero attached hydrogens (tertiary/aromatic N) is 2. The number of amides is 3. The summed E-state index contributed by atoms with van der Waals surface area (Å²) < 4.78 is 29.0. The minimum Gasteiger partial charge on any atom is -0.351 e. The lowest BCUT2D eigenvalue weighted by atomic mass is 10.2. The fourth-order valence-corrected chi connectivity index (χ4v) is 4.32. The topological polar surface area (TPSA) is 151 Å². The van der Waals surface area contributed by atoms with E-state index in [9.17, 15) is 22.8 Å². The third-order valence-electron chi connectivity index (χ3n) is 4.75. The molecule has 0 aliphatic heterocycles. The Hall–Kier alpha value is -4.03. The van der Waals surface area contributed by atoms with Crippen LogP contribution in [0.15, 0.2) is 71.9 Å². The van der Waals surface area contributed by atoms with Gasteiger partial charge < -0.3 is 16.0 Å². The predicted molar refractivity (Wildman–Crippen MR) is 130 cm³/mol. The highest BCUT2D eigenvalue weighted by atomic mass is 32.2. The molecule has 3 amide bonds. The van der Waals surface area contributed by atoms with E-state index in [1.165, 1.54) is 42.8 Å². The van der Waals surface area contributed by atoms with E-state index in [2.05, 4.69) is 25.8 Å². The van der Waals surface area contributed by atoms with Crippen LogP contribution in [0, 0.1) is 0 Å². The van der Waals surface area contributed by atoms with Crippen LogP contribution >= 0.6 is 0 Å². The monoisotopic (exact) mass is 498 g/mol. The van der Waals surface area contributed by atoms with Gasteiger partial charge in [-0.05, 0) is 55.0 Å². The number of hydrogen-bond donors (Lipinski definition) is 4. The van der Waals surface area contributed by atoms with Crippen molar-refractivity contribution in [2.75, 3.05) is 10.6 Å². The van der Waals surface area contributed by atoms with Gasteiger partial charge in [0.05, 0.1) is 10.9 Å². The van der Waals surface area contributed by atoms with Crippen LogP contribution in [0.25, 0.3) is 0 Å². The second-order valence-electron chi connectivity index (χ2n) is 7.72. The molecule has 0 bridgehead atoms. The Balaban J connectivity index is 1.52. The van der Waals surface area contributed by atoms with Gasteiger partial charge >= 0.3 is 0 Å². The highest BCUT2D eigenvalue weighted by Crippen LogP contribution is 2.15. The normalized spacial score (nSPS) is 11.9. The molecule has 0 aliphatic rings. The Kier molecular flexibility index (Phi) is 8.34. The molecule has 184 valence electrons. The van der Waals surface area contributed by atoms with E-state index in [-0.39, 0.29) is 29.8 Å². The second kappa shape index (κ2) is 11.4. The van der Waals surface area contributed by atoms with Crippen molar-refractivity contribution >= 4 is 39.1 Å². The number of rotatable bonds is 10. The summed E-state index contributed by atoms with van der Waals surface area (Å²) in [6.45, 7) is 2.99. The molecular weight excluding hydrogens is 472 g/mol. The summed E-state index contributed by atoms with van der Waals surface area (Å²) in [5.41, 5.74) is 1.74. The zero-order valence-corrected chi connectivity index (χ0v) is 20.0. The van der Waals surface area contributed by atoms with Gasteiger partial charge in [0.1, 0.15) is 6.54 Å². The number of carbonyl (C=O) groups excluding carboxylic acids is 3. The van der Waals surface area contributed by atoms with Gasteiger partial charge in [-0.15, -0.1) is 0 Å². The number of aromatic nitrogens is 2. The molecule has 0 saturated carbocycles. The fraction of sp³-hybridized carbons (Fsp3) is 0.217. The van der Waals surface area contributed by atoms with Crippen LogP contribution in [0.3, 0.4) is 0 Å². The van der Waals surface area contributed by atoms with Gasteiger partial charge in [-0.25, -0.2) is 8.42 Å². The predicted octanol–water partition coefficient (Wildman–Crippen LogP) is 1.46. The fourth-order valence-electron chi connectivity index (χ4n) is 3.12. The molecule has 0 radical (unpaired) electrons. The van der Waals surface area contributed by atoms with Crippen molar-refractivity contribution < 1.29 is 22.8 Å². The number of sulfonamides is 1. The number of carbonyl (C=O) groups is 3. The summed E-state index contributed by atoms with van der Waals surface area (Å²) in [5.74, 6) is -1.04. The first-order chi connectivity index (χ1) is 16.6. The number of hydrogen-bond acceptors (Lipinski definition) is 6. The van der Waals surface area contributed by atoms with Crippen LogP contribution in [0.5, 0.6) is 0 Å². The Labute approximate surface area is 203 Å². The lowest BCUT2D eigenvalue weighted by Crippen LogP contribution is -2.44. The first-order valence-corrected chi connectivity index (χ1v) is 12.1. The lowest BCUT2D eigenvalue weighted by molar-refractivity contribution is -0.122. The number of benzene rings is 2. The molecule has 0 fully saturated rings. The molecule has 12 heteroatoms. The molecule has 11 nitrogen and oxygen atoms in total. The number of anilines is 2. The van der Waals surface area contributed by atoms with Crippen molar-refractivity contribution in [3.8, 4) is 0 Å². The molecule has 3 rings (SSSR count). The first kappa shape index (κ1) is 25.6. The van der Waals surface area contributed by atoms with Crippen molar-refractivity contribution in [2.24, 2.45) is 0 Å². The van der Waals surface area contributed by atoms with Crippen molar-refractivity contribution in [3.63, 3.8) is 0 Å². The molecule has 0 unspecified atom stereocenters. The van der Waals surface area contributed by atoms with Crippen LogP contribution in [-0.2, 0) is 37.5 Å². The highest BCUT2D eigenvalue weighted by Gasteiger charge is 2.22. The summed E-state index contributed by atoms with van der Waals surface area (Å²) >= 11 is 0. The van der Waals surface area contributed by atoms with Crippen LogP contribution in [0.1, 0.15) is 19.4 Å². The van der Waals surface area contributed by atoms with Crippen LogP contribution in [0.4, 0.5) is 11.4 Å². The third-order valence-corrected chi connectivity index (χ3v) is 6.31. The summed E-state index contributed by atoms with van der Waals surface area (Å²) in [4.78, 5) is 35.7. The molecule has 0 saturated heterocycles. The van der Waals surface area contributed by atoms with Gasteiger partial charge in [-0.2, -0.15) is 9.82 Å². The Morgan fingerprint density at radius 1 is 1.00 bits per heavy atom. The molecule has 0 spiro atoms. The Morgan fingerprint density at radius 3 is 2.40 bits per heavy atom. The maximum Gasteiger partial charge on any atom is 0.246 e. The molecule has 0 aliphatic carbocycles. The van der Waals surface area contributed by atoms with Crippen LogP contribution in [-0.4, -0.2) is 42.0 Å². The van der Waals surface area contributed by atoms with Gasteiger partial charge in [-0.1, -0.05) is 12.1 Å². The van der Waals surface area contributed by atoms with E-state index in [1.807, 2.05) is 0 Å².